The molecule has 166 valence electrons. The highest BCUT2D eigenvalue weighted by Gasteiger charge is 2.23. The largest absolute Gasteiger partial charge is 0.489 e. The van der Waals surface area contributed by atoms with Gasteiger partial charge in [0.1, 0.15) is 18.2 Å². The van der Waals surface area contributed by atoms with Gasteiger partial charge in [-0.05, 0) is 60.7 Å². The summed E-state index contributed by atoms with van der Waals surface area (Å²) in [6.07, 6.45) is 0.641. The van der Waals surface area contributed by atoms with Crippen molar-refractivity contribution in [2.75, 3.05) is 32.7 Å². The van der Waals surface area contributed by atoms with Crippen LogP contribution in [0.2, 0.25) is 0 Å². The van der Waals surface area contributed by atoms with E-state index in [1.807, 2.05) is 30.0 Å². The van der Waals surface area contributed by atoms with Crippen molar-refractivity contribution >= 4 is 5.91 Å². The molecular formula is C26H33FN2O2. The zero-order chi connectivity index (χ0) is 22.4. The van der Waals surface area contributed by atoms with Crippen molar-refractivity contribution in [3.05, 3.63) is 77.1 Å². The van der Waals surface area contributed by atoms with Crippen LogP contribution in [-0.4, -0.2) is 48.4 Å². The molecular weight excluding hydrogens is 391 g/mol. The lowest BCUT2D eigenvalue weighted by Gasteiger charge is -2.35. The van der Waals surface area contributed by atoms with Crippen LogP contribution in [0, 0.1) is 11.7 Å². The van der Waals surface area contributed by atoms with Gasteiger partial charge >= 0.3 is 0 Å². The summed E-state index contributed by atoms with van der Waals surface area (Å²) in [6, 6.07) is 11.9. The van der Waals surface area contributed by atoms with E-state index < -0.39 is 0 Å². The van der Waals surface area contributed by atoms with Crippen molar-refractivity contribution in [2.45, 2.75) is 33.8 Å². The van der Waals surface area contributed by atoms with Crippen LogP contribution >= 0.6 is 0 Å². The Labute approximate surface area is 185 Å². The molecule has 1 heterocycles. The van der Waals surface area contributed by atoms with Crippen LogP contribution in [0.5, 0.6) is 5.75 Å². The Morgan fingerprint density at radius 1 is 1.10 bits per heavy atom. The molecule has 31 heavy (non-hydrogen) atoms. The van der Waals surface area contributed by atoms with Gasteiger partial charge in [0.15, 0.2) is 0 Å². The second kappa shape index (κ2) is 10.6. The van der Waals surface area contributed by atoms with Crippen molar-refractivity contribution in [1.82, 2.24) is 9.80 Å². The van der Waals surface area contributed by atoms with E-state index in [0.717, 1.165) is 55.2 Å². The standard InChI is InChI=1S/C26H33FN2O2/c1-19(2)15-23-16-22(26(30)29-13-11-28(12-14-29)17-20(3)4)7-10-25(23)31-18-21-5-8-24(27)9-6-21/h5-10,16,20H,1,11-15,17-18H2,2-4H3. The lowest BCUT2D eigenvalue weighted by Crippen LogP contribution is -2.49. The van der Waals surface area contributed by atoms with Gasteiger partial charge in [-0.3, -0.25) is 9.69 Å². The normalized spacial score (nSPS) is 14.7. The Kier molecular flexibility index (Phi) is 7.85. The first-order chi connectivity index (χ1) is 14.8. The summed E-state index contributed by atoms with van der Waals surface area (Å²) in [7, 11) is 0. The Morgan fingerprint density at radius 3 is 2.39 bits per heavy atom. The number of ether oxygens (including phenoxy) is 1. The first-order valence-electron chi connectivity index (χ1n) is 11.0. The molecule has 0 unspecified atom stereocenters. The minimum absolute atomic E-state index is 0.0669. The third-order valence-electron chi connectivity index (χ3n) is 5.39. The third kappa shape index (κ3) is 6.66. The smallest absolute Gasteiger partial charge is 0.253 e. The second-order valence-corrected chi connectivity index (χ2v) is 8.86. The zero-order valence-electron chi connectivity index (χ0n) is 18.9. The van der Waals surface area contributed by atoms with Crippen molar-refractivity contribution in [3.63, 3.8) is 0 Å². The summed E-state index contributed by atoms with van der Waals surface area (Å²) in [5.74, 6) is 1.16. The number of rotatable bonds is 8. The molecule has 0 radical (unpaired) electrons. The Bertz CT molecular complexity index is 900. The van der Waals surface area contributed by atoms with Crippen LogP contribution in [0.4, 0.5) is 4.39 Å². The van der Waals surface area contributed by atoms with Gasteiger partial charge in [-0.15, -0.1) is 0 Å². The summed E-state index contributed by atoms with van der Waals surface area (Å²) in [5, 5.41) is 0. The molecule has 0 saturated carbocycles. The number of halogens is 1. The van der Waals surface area contributed by atoms with Crippen molar-refractivity contribution in [2.24, 2.45) is 5.92 Å². The van der Waals surface area contributed by atoms with E-state index in [1.54, 1.807) is 12.1 Å². The summed E-state index contributed by atoms with van der Waals surface area (Å²) >= 11 is 0. The number of nitrogens with zero attached hydrogens (tertiary/aromatic N) is 2. The molecule has 0 bridgehead atoms. The van der Waals surface area contributed by atoms with E-state index in [2.05, 4.69) is 25.3 Å². The van der Waals surface area contributed by atoms with Crippen LogP contribution in [0.1, 0.15) is 42.3 Å². The fraction of sp³-hybridized carbons (Fsp3) is 0.423. The molecule has 1 aliphatic rings. The van der Waals surface area contributed by atoms with Gasteiger partial charge in [0.2, 0.25) is 0 Å². The zero-order valence-corrected chi connectivity index (χ0v) is 18.9. The topological polar surface area (TPSA) is 32.8 Å². The van der Waals surface area contributed by atoms with Gasteiger partial charge in [0.25, 0.3) is 5.91 Å². The third-order valence-corrected chi connectivity index (χ3v) is 5.39. The van der Waals surface area contributed by atoms with Gasteiger partial charge in [-0.2, -0.15) is 0 Å². The van der Waals surface area contributed by atoms with E-state index in [-0.39, 0.29) is 11.7 Å². The minimum atomic E-state index is -0.264. The lowest BCUT2D eigenvalue weighted by molar-refractivity contribution is 0.0623. The second-order valence-electron chi connectivity index (χ2n) is 8.86. The average Bonchev–Trinajstić information content (AvgIpc) is 2.73. The number of amides is 1. The highest BCUT2D eigenvalue weighted by Crippen LogP contribution is 2.25. The van der Waals surface area contributed by atoms with Gasteiger partial charge in [0.05, 0.1) is 0 Å². The number of allylic oxidation sites excluding steroid dienone is 1. The number of carbonyl (C=O) groups excluding carboxylic acids is 1. The molecule has 0 aliphatic carbocycles. The summed E-state index contributed by atoms with van der Waals surface area (Å²) in [4.78, 5) is 17.5. The lowest BCUT2D eigenvalue weighted by atomic mass is 10.0. The van der Waals surface area contributed by atoms with Crippen LogP contribution in [0.25, 0.3) is 0 Å². The number of carbonyl (C=O) groups is 1. The predicted molar refractivity (Wildman–Crippen MR) is 123 cm³/mol. The molecule has 3 rings (SSSR count). The highest BCUT2D eigenvalue weighted by molar-refractivity contribution is 5.94. The number of hydrogen-bond donors (Lipinski definition) is 0. The van der Waals surface area contributed by atoms with Crippen LogP contribution < -0.4 is 4.74 Å². The molecule has 1 saturated heterocycles. The maximum absolute atomic E-state index is 13.1. The quantitative estimate of drug-likeness (QED) is 0.563. The summed E-state index contributed by atoms with van der Waals surface area (Å²) in [6.45, 7) is 15.2. The molecule has 1 amide bonds. The van der Waals surface area contributed by atoms with Crippen LogP contribution in [0.3, 0.4) is 0 Å². The maximum atomic E-state index is 13.1. The molecule has 5 heteroatoms. The maximum Gasteiger partial charge on any atom is 0.253 e. The Balaban J connectivity index is 1.69. The van der Waals surface area contributed by atoms with E-state index in [1.165, 1.54) is 12.1 Å². The number of piperazine rings is 1. The van der Waals surface area contributed by atoms with E-state index >= 15 is 0 Å². The number of hydrogen-bond acceptors (Lipinski definition) is 3. The fourth-order valence-corrected chi connectivity index (χ4v) is 3.89. The van der Waals surface area contributed by atoms with Gasteiger partial charge in [-0.1, -0.05) is 38.1 Å². The molecule has 2 aromatic rings. The molecule has 1 aliphatic heterocycles. The Morgan fingerprint density at radius 2 is 1.77 bits per heavy atom. The van der Waals surface area contributed by atoms with E-state index in [0.29, 0.717) is 24.5 Å². The van der Waals surface area contributed by atoms with Gasteiger partial charge in [-0.25, -0.2) is 4.39 Å². The summed E-state index contributed by atoms with van der Waals surface area (Å²) < 4.78 is 19.1. The number of benzene rings is 2. The first kappa shape index (κ1) is 23.0. The molecule has 4 nitrogen and oxygen atoms in total. The van der Waals surface area contributed by atoms with Gasteiger partial charge < -0.3 is 9.64 Å². The molecule has 0 aromatic heterocycles. The highest BCUT2D eigenvalue weighted by atomic mass is 19.1. The molecule has 0 spiro atoms. The molecule has 0 atom stereocenters. The van der Waals surface area contributed by atoms with Crippen molar-refractivity contribution in [1.29, 1.82) is 0 Å². The van der Waals surface area contributed by atoms with Crippen molar-refractivity contribution in [3.8, 4) is 5.75 Å². The SMILES string of the molecule is C=C(C)Cc1cc(C(=O)N2CCN(CC(C)C)CC2)ccc1OCc1ccc(F)cc1. The van der Waals surface area contributed by atoms with Crippen LogP contribution in [0.15, 0.2) is 54.6 Å². The van der Waals surface area contributed by atoms with Gasteiger partial charge in [0, 0.05) is 38.3 Å². The monoisotopic (exact) mass is 424 g/mol. The summed E-state index contributed by atoms with van der Waals surface area (Å²) in [5.41, 5.74) is 3.52. The van der Waals surface area contributed by atoms with Crippen LogP contribution in [-0.2, 0) is 13.0 Å². The minimum Gasteiger partial charge on any atom is -0.489 e. The van der Waals surface area contributed by atoms with E-state index in [9.17, 15) is 9.18 Å². The molecule has 0 N–H and O–H groups in total. The Hall–Kier alpha value is -2.66. The average molecular weight is 425 g/mol. The first-order valence-corrected chi connectivity index (χ1v) is 11.0. The molecule has 2 aromatic carbocycles. The van der Waals surface area contributed by atoms with Crippen molar-refractivity contribution < 1.29 is 13.9 Å². The molecule has 1 fully saturated rings. The van der Waals surface area contributed by atoms with E-state index in [4.69, 9.17) is 4.74 Å². The fourth-order valence-electron chi connectivity index (χ4n) is 3.89. The predicted octanol–water partition coefficient (Wildman–Crippen LogP) is 4.94.